The number of hydrogen-bond acceptors (Lipinski definition) is 5. The van der Waals surface area contributed by atoms with E-state index < -0.39 is 11.2 Å². The second-order valence-corrected chi connectivity index (χ2v) is 8.89. The average molecular weight is 409 g/mol. The fraction of sp³-hybridized carbons (Fsp3) is 0.619. The van der Waals surface area contributed by atoms with Gasteiger partial charge in [-0.15, -0.1) is 11.8 Å². The summed E-state index contributed by atoms with van der Waals surface area (Å²) in [5, 5.41) is 2.74. The van der Waals surface area contributed by atoms with Crippen LogP contribution in [-0.2, 0) is 9.59 Å². The van der Waals surface area contributed by atoms with Crippen molar-refractivity contribution in [3.05, 3.63) is 35.9 Å². The van der Waals surface area contributed by atoms with Crippen LogP contribution < -0.4 is 11.1 Å². The molecule has 150 valence electrons. The van der Waals surface area contributed by atoms with Crippen molar-refractivity contribution < 1.29 is 9.59 Å². The van der Waals surface area contributed by atoms with E-state index in [1.54, 1.807) is 0 Å². The first-order chi connectivity index (χ1) is 13.1. The molecule has 2 rings (SSSR count). The first-order valence-corrected chi connectivity index (χ1v) is 11.6. The third-order valence-electron chi connectivity index (χ3n) is 5.08. The smallest absolute Gasteiger partial charge is 0.238 e. The molecule has 0 aromatic heterocycles. The number of hydrogen-bond donors (Lipinski definition) is 3. The standard InChI is InChI=1S/C21H32N2O2S2/c22-21(25)20(27-19(15-26)16-9-4-3-5-10-16)18(24)13-8-14-23-17-11-6-1-2-7-12-17/h3-5,9-10,17,19-20,23,26H,1-2,6-8,11-15H2,(H2,22,25). The van der Waals surface area contributed by atoms with Gasteiger partial charge in [0.2, 0.25) is 5.91 Å². The third-order valence-corrected chi connectivity index (χ3v) is 7.22. The van der Waals surface area contributed by atoms with Gasteiger partial charge in [0.15, 0.2) is 5.78 Å². The third kappa shape index (κ3) is 7.88. The largest absolute Gasteiger partial charge is 0.368 e. The highest BCUT2D eigenvalue weighted by atomic mass is 32.2. The average Bonchev–Trinajstić information content (AvgIpc) is 2.95. The Bertz CT molecular complexity index is 575. The summed E-state index contributed by atoms with van der Waals surface area (Å²) in [6.07, 6.45) is 8.85. The molecule has 4 nitrogen and oxygen atoms in total. The fourth-order valence-electron chi connectivity index (χ4n) is 3.54. The number of rotatable bonds is 11. The maximum atomic E-state index is 12.6. The van der Waals surface area contributed by atoms with Crippen molar-refractivity contribution in [2.24, 2.45) is 5.73 Å². The number of carbonyl (C=O) groups is 2. The molecule has 1 saturated carbocycles. The van der Waals surface area contributed by atoms with Crippen molar-refractivity contribution in [1.29, 1.82) is 0 Å². The van der Waals surface area contributed by atoms with Crippen LogP contribution in [0.15, 0.2) is 30.3 Å². The molecule has 0 aliphatic heterocycles. The monoisotopic (exact) mass is 408 g/mol. The summed E-state index contributed by atoms with van der Waals surface area (Å²) in [4.78, 5) is 24.5. The number of primary amides is 1. The minimum Gasteiger partial charge on any atom is -0.368 e. The predicted octanol–water partition coefficient (Wildman–Crippen LogP) is 3.91. The number of nitrogens with one attached hydrogen (secondary N) is 1. The van der Waals surface area contributed by atoms with E-state index in [1.165, 1.54) is 50.3 Å². The summed E-state index contributed by atoms with van der Waals surface area (Å²) < 4.78 is 0. The molecule has 1 aliphatic rings. The van der Waals surface area contributed by atoms with Crippen LogP contribution in [0.4, 0.5) is 0 Å². The Labute approximate surface area is 172 Å². The van der Waals surface area contributed by atoms with Gasteiger partial charge in [-0.25, -0.2) is 0 Å². The molecule has 0 bridgehead atoms. The molecule has 1 aliphatic carbocycles. The number of thiol groups is 1. The van der Waals surface area contributed by atoms with Gasteiger partial charge in [0.1, 0.15) is 5.25 Å². The summed E-state index contributed by atoms with van der Waals surface area (Å²) in [5.74, 6) is -0.0723. The van der Waals surface area contributed by atoms with Crippen LogP contribution in [0.2, 0.25) is 0 Å². The number of nitrogens with two attached hydrogens (primary N) is 1. The van der Waals surface area contributed by atoms with Crippen LogP contribution in [0.1, 0.15) is 62.2 Å². The van der Waals surface area contributed by atoms with E-state index >= 15 is 0 Å². The molecule has 0 saturated heterocycles. The van der Waals surface area contributed by atoms with E-state index in [1.807, 2.05) is 30.3 Å². The first kappa shape index (κ1) is 22.3. The highest BCUT2D eigenvalue weighted by Crippen LogP contribution is 2.34. The van der Waals surface area contributed by atoms with E-state index in [2.05, 4.69) is 17.9 Å². The predicted molar refractivity (Wildman–Crippen MR) is 117 cm³/mol. The number of amides is 1. The second kappa shape index (κ2) is 12.5. The van der Waals surface area contributed by atoms with Crippen LogP contribution >= 0.6 is 24.4 Å². The van der Waals surface area contributed by atoms with Crippen molar-refractivity contribution in [3.63, 3.8) is 0 Å². The molecule has 0 radical (unpaired) electrons. The molecule has 1 fully saturated rings. The van der Waals surface area contributed by atoms with Gasteiger partial charge < -0.3 is 11.1 Å². The van der Waals surface area contributed by atoms with Crippen LogP contribution in [-0.4, -0.2) is 35.3 Å². The van der Waals surface area contributed by atoms with Crippen molar-refractivity contribution in [3.8, 4) is 0 Å². The molecule has 3 N–H and O–H groups in total. The summed E-state index contributed by atoms with van der Waals surface area (Å²) in [6.45, 7) is 0.821. The lowest BCUT2D eigenvalue weighted by Gasteiger charge is -2.20. The number of thioether (sulfide) groups is 1. The molecule has 2 atom stereocenters. The molecule has 6 heteroatoms. The Morgan fingerprint density at radius 1 is 1.15 bits per heavy atom. The van der Waals surface area contributed by atoms with Crippen LogP contribution in [0.3, 0.4) is 0 Å². The van der Waals surface area contributed by atoms with Gasteiger partial charge in [0.05, 0.1) is 0 Å². The topological polar surface area (TPSA) is 72.2 Å². The van der Waals surface area contributed by atoms with Gasteiger partial charge in [0.25, 0.3) is 0 Å². The van der Waals surface area contributed by atoms with E-state index in [4.69, 9.17) is 5.73 Å². The minimum atomic E-state index is -0.805. The Kier molecular flexibility index (Phi) is 10.3. The normalized spacial score (nSPS) is 17.8. The van der Waals surface area contributed by atoms with Crippen molar-refractivity contribution in [2.45, 2.75) is 67.9 Å². The number of benzene rings is 1. The summed E-state index contributed by atoms with van der Waals surface area (Å²) in [7, 11) is 0. The van der Waals surface area contributed by atoms with Gasteiger partial charge in [-0.1, -0.05) is 56.0 Å². The molecule has 2 unspecified atom stereocenters. The molecule has 27 heavy (non-hydrogen) atoms. The zero-order chi connectivity index (χ0) is 19.5. The lowest BCUT2D eigenvalue weighted by molar-refractivity contribution is -0.125. The fourth-order valence-corrected chi connectivity index (χ4v) is 5.15. The van der Waals surface area contributed by atoms with Gasteiger partial charge in [0, 0.05) is 23.5 Å². The second-order valence-electron chi connectivity index (χ2n) is 7.21. The number of carbonyl (C=O) groups excluding carboxylic acids is 2. The zero-order valence-corrected chi connectivity index (χ0v) is 17.7. The summed E-state index contributed by atoms with van der Waals surface area (Å²) in [5.41, 5.74) is 6.60. The zero-order valence-electron chi connectivity index (χ0n) is 15.9. The van der Waals surface area contributed by atoms with Crippen molar-refractivity contribution >= 4 is 36.1 Å². The number of Topliss-reactive ketones (excluding diaryl/α,β-unsaturated/α-hetero) is 1. The van der Waals surface area contributed by atoms with Gasteiger partial charge in [-0.2, -0.15) is 12.6 Å². The Balaban J connectivity index is 1.80. The van der Waals surface area contributed by atoms with Gasteiger partial charge >= 0.3 is 0 Å². The Hall–Kier alpha value is -0.980. The molecular weight excluding hydrogens is 376 g/mol. The number of ketones is 1. The lowest BCUT2D eigenvalue weighted by atomic mass is 10.1. The summed E-state index contributed by atoms with van der Waals surface area (Å²) >= 11 is 5.72. The van der Waals surface area contributed by atoms with E-state index in [0.717, 1.165) is 18.5 Å². The minimum absolute atomic E-state index is 0.0277. The highest BCUT2D eigenvalue weighted by Gasteiger charge is 2.28. The van der Waals surface area contributed by atoms with Gasteiger partial charge in [-0.3, -0.25) is 9.59 Å². The summed E-state index contributed by atoms with van der Waals surface area (Å²) in [6, 6.07) is 10.4. The molecule has 1 amide bonds. The first-order valence-electron chi connectivity index (χ1n) is 9.98. The maximum Gasteiger partial charge on any atom is 0.238 e. The van der Waals surface area contributed by atoms with Crippen molar-refractivity contribution in [2.75, 3.05) is 12.3 Å². The Morgan fingerprint density at radius 3 is 2.41 bits per heavy atom. The van der Waals surface area contributed by atoms with Crippen molar-refractivity contribution in [1.82, 2.24) is 5.32 Å². The molecule has 0 spiro atoms. The molecule has 0 heterocycles. The van der Waals surface area contributed by atoms with Crippen LogP contribution in [0, 0.1) is 0 Å². The van der Waals surface area contributed by atoms with E-state index in [-0.39, 0.29) is 11.0 Å². The quantitative estimate of drug-likeness (QED) is 0.225. The molecule has 1 aromatic rings. The molecular formula is C21H32N2O2S2. The Morgan fingerprint density at radius 2 is 1.81 bits per heavy atom. The maximum absolute atomic E-state index is 12.6. The van der Waals surface area contributed by atoms with E-state index in [9.17, 15) is 9.59 Å². The van der Waals surface area contributed by atoms with Gasteiger partial charge in [-0.05, 0) is 31.4 Å². The highest BCUT2D eigenvalue weighted by molar-refractivity contribution is 8.02. The molecule has 1 aromatic carbocycles. The van der Waals surface area contributed by atoms with E-state index in [0.29, 0.717) is 18.2 Å². The van der Waals surface area contributed by atoms with Crippen LogP contribution in [0.25, 0.3) is 0 Å². The SMILES string of the molecule is NC(=O)C(SC(CS)c1ccccc1)C(=O)CCCNC1CCCCCC1. The van der Waals surface area contributed by atoms with Crippen LogP contribution in [0.5, 0.6) is 0 Å². The lowest BCUT2D eigenvalue weighted by Crippen LogP contribution is -2.35.